The van der Waals surface area contributed by atoms with Crippen LogP contribution in [0.3, 0.4) is 0 Å². The van der Waals surface area contributed by atoms with Crippen LogP contribution in [-0.4, -0.2) is 12.1 Å². The number of benzene rings is 1. The van der Waals surface area contributed by atoms with Crippen LogP contribution in [0.2, 0.25) is 0 Å². The van der Waals surface area contributed by atoms with Crippen LogP contribution in [0.4, 0.5) is 0 Å². The van der Waals surface area contributed by atoms with Gasteiger partial charge in [0.25, 0.3) is 0 Å². The standard InChI is InChI=1S/C14H20O2/c1-4-8-11(2)16-14(15)12(3)13-9-6-5-7-10-13/h5-7,9-12H,4,8H2,1-3H3/t11-,12-/m1/s1. The molecule has 0 radical (unpaired) electrons. The zero-order chi connectivity index (χ0) is 12.0. The van der Waals surface area contributed by atoms with E-state index in [1.165, 1.54) is 0 Å². The predicted molar refractivity (Wildman–Crippen MR) is 65.3 cm³/mol. The normalized spacial score (nSPS) is 14.2. The van der Waals surface area contributed by atoms with Gasteiger partial charge in [-0.25, -0.2) is 0 Å². The van der Waals surface area contributed by atoms with E-state index in [1.54, 1.807) is 0 Å². The first-order valence-corrected chi connectivity index (χ1v) is 5.90. The minimum atomic E-state index is -0.180. The molecule has 2 heteroatoms. The number of carbonyl (C=O) groups excluding carboxylic acids is 1. The number of esters is 1. The van der Waals surface area contributed by atoms with E-state index in [1.807, 2.05) is 44.2 Å². The molecule has 0 aliphatic carbocycles. The lowest BCUT2D eigenvalue weighted by molar-refractivity contribution is -0.149. The number of rotatable bonds is 5. The number of hydrogen-bond acceptors (Lipinski definition) is 2. The Bertz CT molecular complexity index is 319. The summed E-state index contributed by atoms with van der Waals surface area (Å²) in [6, 6.07) is 9.73. The van der Waals surface area contributed by atoms with Gasteiger partial charge in [-0.05, 0) is 25.8 Å². The van der Waals surface area contributed by atoms with Gasteiger partial charge in [0, 0.05) is 0 Å². The van der Waals surface area contributed by atoms with Gasteiger partial charge in [0.15, 0.2) is 0 Å². The molecule has 2 nitrogen and oxygen atoms in total. The van der Waals surface area contributed by atoms with Crippen molar-refractivity contribution in [2.45, 2.75) is 45.6 Å². The third kappa shape index (κ3) is 3.69. The Hall–Kier alpha value is -1.31. The molecule has 88 valence electrons. The van der Waals surface area contributed by atoms with Gasteiger partial charge in [0.2, 0.25) is 0 Å². The van der Waals surface area contributed by atoms with Crippen LogP contribution in [0.25, 0.3) is 0 Å². The van der Waals surface area contributed by atoms with Gasteiger partial charge in [-0.15, -0.1) is 0 Å². The number of ether oxygens (including phenoxy) is 1. The Kier molecular flexibility index (Phi) is 5.03. The van der Waals surface area contributed by atoms with E-state index in [0.29, 0.717) is 0 Å². The van der Waals surface area contributed by atoms with E-state index in [2.05, 4.69) is 6.92 Å². The lowest BCUT2D eigenvalue weighted by Crippen LogP contribution is -2.19. The zero-order valence-corrected chi connectivity index (χ0v) is 10.3. The van der Waals surface area contributed by atoms with Gasteiger partial charge in [0.05, 0.1) is 12.0 Å². The summed E-state index contributed by atoms with van der Waals surface area (Å²) in [5.74, 6) is -0.312. The molecule has 0 N–H and O–H groups in total. The molecule has 0 aliphatic heterocycles. The van der Waals surface area contributed by atoms with E-state index in [-0.39, 0.29) is 18.0 Å². The second kappa shape index (κ2) is 6.31. The fraction of sp³-hybridized carbons (Fsp3) is 0.500. The van der Waals surface area contributed by atoms with Gasteiger partial charge in [-0.3, -0.25) is 4.79 Å². The first kappa shape index (κ1) is 12.8. The van der Waals surface area contributed by atoms with Crippen molar-refractivity contribution in [3.8, 4) is 0 Å². The van der Waals surface area contributed by atoms with Gasteiger partial charge in [-0.2, -0.15) is 0 Å². The molecular weight excluding hydrogens is 200 g/mol. The molecule has 0 unspecified atom stereocenters. The zero-order valence-electron chi connectivity index (χ0n) is 10.3. The molecule has 0 aromatic heterocycles. The van der Waals surface area contributed by atoms with Crippen molar-refractivity contribution < 1.29 is 9.53 Å². The van der Waals surface area contributed by atoms with Crippen molar-refractivity contribution >= 4 is 5.97 Å². The maximum Gasteiger partial charge on any atom is 0.313 e. The van der Waals surface area contributed by atoms with Crippen LogP contribution < -0.4 is 0 Å². The van der Waals surface area contributed by atoms with Crippen molar-refractivity contribution in [2.75, 3.05) is 0 Å². The average molecular weight is 220 g/mol. The molecule has 16 heavy (non-hydrogen) atoms. The molecule has 1 aromatic carbocycles. The minimum absolute atomic E-state index is 0.0173. The monoisotopic (exact) mass is 220 g/mol. The van der Waals surface area contributed by atoms with Crippen LogP contribution in [0.15, 0.2) is 30.3 Å². The molecule has 0 amide bonds. The Morgan fingerprint density at radius 2 is 1.88 bits per heavy atom. The highest BCUT2D eigenvalue weighted by molar-refractivity contribution is 5.77. The topological polar surface area (TPSA) is 26.3 Å². The molecule has 0 fully saturated rings. The molecule has 0 saturated heterocycles. The van der Waals surface area contributed by atoms with E-state index >= 15 is 0 Å². The largest absolute Gasteiger partial charge is 0.462 e. The highest BCUT2D eigenvalue weighted by atomic mass is 16.5. The maximum absolute atomic E-state index is 11.8. The average Bonchev–Trinajstić information content (AvgIpc) is 2.29. The molecule has 0 aliphatic rings. The smallest absolute Gasteiger partial charge is 0.313 e. The summed E-state index contributed by atoms with van der Waals surface area (Å²) < 4.78 is 5.37. The Labute approximate surface area is 97.6 Å². The van der Waals surface area contributed by atoms with Gasteiger partial charge in [-0.1, -0.05) is 43.7 Å². The van der Waals surface area contributed by atoms with Crippen molar-refractivity contribution in [1.82, 2.24) is 0 Å². The van der Waals surface area contributed by atoms with Gasteiger partial charge >= 0.3 is 5.97 Å². The van der Waals surface area contributed by atoms with Crippen LogP contribution in [0.1, 0.15) is 45.1 Å². The third-order valence-corrected chi connectivity index (χ3v) is 2.67. The van der Waals surface area contributed by atoms with E-state index in [9.17, 15) is 4.79 Å². The Morgan fingerprint density at radius 1 is 1.25 bits per heavy atom. The molecule has 0 saturated carbocycles. The molecule has 0 heterocycles. The van der Waals surface area contributed by atoms with Crippen molar-refractivity contribution in [2.24, 2.45) is 0 Å². The molecule has 0 bridgehead atoms. The second-order valence-corrected chi connectivity index (χ2v) is 4.17. The molecule has 2 atom stereocenters. The van der Waals surface area contributed by atoms with E-state index in [4.69, 9.17) is 4.74 Å². The minimum Gasteiger partial charge on any atom is -0.462 e. The summed E-state index contributed by atoms with van der Waals surface area (Å²) in [6.45, 7) is 5.92. The summed E-state index contributed by atoms with van der Waals surface area (Å²) >= 11 is 0. The van der Waals surface area contributed by atoms with Crippen molar-refractivity contribution in [1.29, 1.82) is 0 Å². The highest BCUT2D eigenvalue weighted by Crippen LogP contribution is 2.17. The van der Waals surface area contributed by atoms with E-state index < -0.39 is 0 Å². The summed E-state index contributed by atoms with van der Waals surface area (Å²) in [4.78, 5) is 11.8. The quantitative estimate of drug-likeness (QED) is 0.710. The fourth-order valence-electron chi connectivity index (χ4n) is 1.64. The molecule has 1 rings (SSSR count). The highest BCUT2D eigenvalue weighted by Gasteiger charge is 2.18. The van der Waals surface area contributed by atoms with Crippen LogP contribution in [0, 0.1) is 0 Å². The van der Waals surface area contributed by atoms with Crippen LogP contribution in [0.5, 0.6) is 0 Å². The van der Waals surface area contributed by atoms with E-state index in [0.717, 1.165) is 18.4 Å². The lowest BCUT2D eigenvalue weighted by Gasteiger charge is -2.16. The summed E-state index contributed by atoms with van der Waals surface area (Å²) in [7, 11) is 0. The number of hydrogen-bond donors (Lipinski definition) is 0. The molecule has 1 aromatic rings. The number of carbonyl (C=O) groups is 1. The van der Waals surface area contributed by atoms with Crippen molar-refractivity contribution in [3.63, 3.8) is 0 Å². The predicted octanol–water partition coefficient (Wildman–Crippen LogP) is 3.52. The first-order chi connectivity index (χ1) is 7.65. The Morgan fingerprint density at radius 3 is 2.44 bits per heavy atom. The molecular formula is C14H20O2. The van der Waals surface area contributed by atoms with Crippen LogP contribution >= 0.6 is 0 Å². The fourth-order valence-corrected chi connectivity index (χ4v) is 1.64. The Balaban J connectivity index is 2.55. The van der Waals surface area contributed by atoms with Crippen LogP contribution in [-0.2, 0) is 9.53 Å². The third-order valence-electron chi connectivity index (χ3n) is 2.67. The first-order valence-electron chi connectivity index (χ1n) is 5.90. The maximum atomic E-state index is 11.8. The van der Waals surface area contributed by atoms with Gasteiger partial charge in [0.1, 0.15) is 0 Å². The summed E-state index contributed by atoms with van der Waals surface area (Å²) in [5.41, 5.74) is 1.01. The lowest BCUT2D eigenvalue weighted by atomic mass is 10.0. The summed E-state index contributed by atoms with van der Waals surface area (Å²) in [6.07, 6.45) is 1.98. The van der Waals surface area contributed by atoms with Gasteiger partial charge < -0.3 is 4.74 Å². The second-order valence-electron chi connectivity index (χ2n) is 4.17. The molecule has 0 spiro atoms. The summed E-state index contributed by atoms with van der Waals surface area (Å²) in [5, 5.41) is 0. The van der Waals surface area contributed by atoms with Crippen molar-refractivity contribution in [3.05, 3.63) is 35.9 Å². The SMILES string of the molecule is CCC[C@@H](C)OC(=O)[C@H](C)c1ccccc1.